The van der Waals surface area contributed by atoms with E-state index in [-0.39, 0.29) is 31.0 Å². The van der Waals surface area contributed by atoms with E-state index >= 15 is 0 Å². The molecule has 0 spiro atoms. The third-order valence-electron chi connectivity index (χ3n) is 6.32. The minimum atomic E-state index is -1.83. The number of halogens is 1. The Morgan fingerprint density at radius 2 is 1.88 bits per heavy atom. The van der Waals surface area contributed by atoms with Crippen LogP contribution in [-0.2, 0) is 11.3 Å². The summed E-state index contributed by atoms with van der Waals surface area (Å²) in [4.78, 5) is 14.3. The number of hydrogen-bond donors (Lipinski definition) is 1. The van der Waals surface area contributed by atoms with Gasteiger partial charge in [0.1, 0.15) is 12.4 Å². The number of rotatable bonds is 3. The SMILES string of the molecule is N#CC1=C(N)C(C#N)(C#N)C2=CCN(C(=O)OCc3ccccc3)C[C@@H]2[C@@H]1c1cccc(F)c1. The van der Waals surface area contributed by atoms with Gasteiger partial charge in [-0.15, -0.1) is 0 Å². The monoisotopic (exact) mass is 453 g/mol. The van der Waals surface area contributed by atoms with Gasteiger partial charge in [-0.3, -0.25) is 0 Å². The minimum Gasteiger partial charge on any atom is -0.445 e. The van der Waals surface area contributed by atoms with Crippen molar-refractivity contribution in [1.82, 2.24) is 4.90 Å². The van der Waals surface area contributed by atoms with Crippen LogP contribution >= 0.6 is 0 Å². The fourth-order valence-corrected chi connectivity index (χ4v) is 4.68. The van der Waals surface area contributed by atoms with E-state index < -0.39 is 29.2 Å². The third-order valence-corrected chi connectivity index (χ3v) is 6.32. The lowest BCUT2D eigenvalue weighted by atomic mass is 9.60. The maximum absolute atomic E-state index is 14.1. The fourth-order valence-electron chi connectivity index (χ4n) is 4.68. The van der Waals surface area contributed by atoms with Gasteiger partial charge in [0.25, 0.3) is 0 Å². The Morgan fingerprint density at radius 3 is 2.53 bits per heavy atom. The molecule has 2 N–H and O–H groups in total. The molecule has 1 amide bonds. The van der Waals surface area contributed by atoms with E-state index in [9.17, 15) is 25.0 Å². The highest BCUT2D eigenvalue weighted by Crippen LogP contribution is 2.52. The van der Waals surface area contributed by atoms with Crippen molar-refractivity contribution in [3.8, 4) is 18.2 Å². The molecule has 0 fully saturated rings. The van der Waals surface area contributed by atoms with Crippen molar-refractivity contribution < 1.29 is 13.9 Å². The molecule has 0 saturated carbocycles. The highest BCUT2D eigenvalue weighted by atomic mass is 19.1. The predicted octanol–water partition coefficient (Wildman–Crippen LogP) is 3.89. The Hall–Kier alpha value is -4.61. The van der Waals surface area contributed by atoms with Gasteiger partial charge in [-0.05, 0) is 28.8 Å². The molecule has 1 aliphatic carbocycles. The molecule has 0 unspecified atom stereocenters. The highest BCUT2D eigenvalue weighted by Gasteiger charge is 2.53. The van der Waals surface area contributed by atoms with E-state index in [1.807, 2.05) is 48.5 Å². The van der Waals surface area contributed by atoms with Crippen molar-refractivity contribution in [2.24, 2.45) is 17.1 Å². The average Bonchev–Trinajstić information content (AvgIpc) is 2.87. The lowest BCUT2D eigenvalue weighted by molar-refractivity contribution is 0.0913. The number of carbonyl (C=O) groups excluding carboxylic acids is 1. The normalized spacial score (nSPS) is 20.8. The summed E-state index contributed by atoms with van der Waals surface area (Å²) in [5.41, 5.74) is 5.99. The molecule has 2 aliphatic rings. The highest BCUT2D eigenvalue weighted by molar-refractivity contribution is 5.69. The summed E-state index contributed by atoms with van der Waals surface area (Å²) in [6.07, 6.45) is 1.05. The number of nitrogens with two attached hydrogens (primary N) is 1. The average molecular weight is 453 g/mol. The van der Waals surface area contributed by atoms with Crippen molar-refractivity contribution in [1.29, 1.82) is 15.8 Å². The Morgan fingerprint density at radius 1 is 1.15 bits per heavy atom. The number of ether oxygens (including phenoxy) is 1. The summed E-state index contributed by atoms with van der Waals surface area (Å²) < 4.78 is 19.5. The Kier molecular flexibility index (Phi) is 6.04. The first-order valence-corrected chi connectivity index (χ1v) is 10.6. The van der Waals surface area contributed by atoms with Crippen LogP contribution in [0.2, 0.25) is 0 Å². The first-order valence-electron chi connectivity index (χ1n) is 10.6. The Bertz CT molecular complexity index is 1300. The second kappa shape index (κ2) is 9.10. The molecule has 8 heteroatoms. The molecule has 168 valence electrons. The minimum absolute atomic E-state index is 0.0235. The molecule has 7 nitrogen and oxygen atoms in total. The summed E-state index contributed by atoms with van der Waals surface area (Å²) in [6, 6.07) is 21.0. The molecule has 34 heavy (non-hydrogen) atoms. The Balaban J connectivity index is 1.73. The van der Waals surface area contributed by atoms with E-state index in [0.29, 0.717) is 11.1 Å². The second-order valence-electron chi connectivity index (χ2n) is 8.16. The number of nitrogens with zero attached hydrogens (tertiary/aromatic N) is 4. The van der Waals surface area contributed by atoms with E-state index in [2.05, 4.69) is 0 Å². The largest absolute Gasteiger partial charge is 0.445 e. The molecule has 2 aromatic carbocycles. The quantitative estimate of drug-likeness (QED) is 0.703. The number of benzene rings is 2. The number of allylic oxidation sites excluding steroid dienone is 2. The molecular formula is C26H20FN5O2. The van der Waals surface area contributed by atoms with Gasteiger partial charge in [-0.25, -0.2) is 9.18 Å². The second-order valence-corrected chi connectivity index (χ2v) is 8.16. The number of amides is 1. The van der Waals surface area contributed by atoms with Gasteiger partial charge in [0, 0.05) is 24.9 Å². The topological polar surface area (TPSA) is 127 Å². The molecule has 4 rings (SSSR count). The van der Waals surface area contributed by atoms with Crippen molar-refractivity contribution in [3.63, 3.8) is 0 Å². The summed E-state index contributed by atoms with van der Waals surface area (Å²) >= 11 is 0. The zero-order chi connectivity index (χ0) is 24.3. The standard InChI is InChI=1S/C26H20FN5O2/c27-19-8-4-7-18(11-19)23-20(12-28)24(31)26(15-29,16-30)22-9-10-32(13-21(22)23)25(33)34-14-17-5-2-1-3-6-17/h1-9,11,21,23H,10,13-14,31H2/t21-,23+/m0/s1. The van der Waals surface area contributed by atoms with Gasteiger partial charge in [-0.1, -0.05) is 48.5 Å². The van der Waals surface area contributed by atoms with Gasteiger partial charge in [0.05, 0.1) is 29.5 Å². The van der Waals surface area contributed by atoms with E-state index in [1.54, 1.807) is 12.1 Å². The maximum atomic E-state index is 14.1. The van der Waals surface area contributed by atoms with Crippen LogP contribution in [0.5, 0.6) is 0 Å². The molecule has 0 bridgehead atoms. The van der Waals surface area contributed by atoms with Crippen LogP contribution in [0.3, 0.4) is 0 Å². The van der Waals surface area contributed by atoms with E-state index in [4.69, 9.17) is 10.5 Å². The zero-order valence-corrected chi connectivity index (χ0v) is 18.1. The van der Waals surface area contributed by atoms with Crippen LogP contribution < -0.4 is 5.73 Å². The molecular weight excluding hydrogens is 433 g/mol. The van der Waals surface area contributed by atoms with Crippen LogP contribution in [0.4, 0.5) is 9.18 Å². The molecule has 1 heterocycles. The first kappa shape index (κ1) is 22.6. The Labute approximate surface area is 196 Å². The zero-order valence-electron chi connectivity index (χ0n) is 18.1. The maximum Gasteiger partial charge on any atom is 0.410 e. The van der Waals surface area contributed by atoms with Gasteiger partial charge < -0.3 is 15.4 Å². The van der Waals surface area contributed by atoms with Crippen molar-refractivity contribution in [2.75, 3.05) is 13.1 Å². The first-order chi connectivity index (χ1) is 16.4. The van der Waals surface area contributed by atoms with E-state index in [0.717, 1.165) is 5.56 Å². The van der Waals surface area contributed by atoms with Crippen molar-refractivity contribution in [2.45, 2.75) is 12.5 Å². The molecule has 0 radical (unpaired) electrons. The van der Waals surface area contributed by atoms with Crippen LogP contribution in [0.1, 0.15) is 17.0 Å². The van der Waals surface area contributed by atoms with Crippen LogP contribution in [0.15, 0.2) is 77.5 Å². The number of hydrogen-bond acceptors (Lipinski definition) is 6. The summed E-state index contributed by atoms with van der Waals surface area (Å²) in [5, 5.41) is 29.8. The number of nitriles is 3. The summed E-state index contributed by atoms with van der Waals surface area (Å²) in [5.74, 6) is -1.86. The van der Waals surface area contributed by atoms with Crippen molar-refractivity contribution in [3.05, 3.63) is 94.5 Å². The van der Waals surface area contributed by atoms with E-state index in [1.165, 1.54) is 23.1 Å². The van der Waals surface area contributed by atoms with Gasteiger partial charge >= 0.3 is 6.09 Å². The van der Waals surface area contributed by atoms with Crippen molar-refractivity contribution >= 4 is 6.09 Å². The fraction of sp³-hybridized carbons (Fsp3) is 0.231. The van der Waals surface area contributed by atoms with Gasteiger partial charge in [0.15, 0.2) is 0 Å². The predicted molar refractivity (Wildman–Crippen MR) is 119 cm³/mol. The van der Waals surface area contributed by atoms with Crippen LogP contribution in [0, 0.1) is 51.1 Å². The molecule has 2 aromatic rings. The number of carbonyl (C=O) groups is 1. The van der Waals surface area contributed by atoms with Crippen LogP contribution in [0.25, 0.3) is 0 Å². The molecule has 2 atom stereocenters. The summed E-state index contributed by atoms with van der Waals surface area (Å²) in [7, 11) is 0. The molecule has 0 saturated heterocycles. The number of fused-ring (bicyclic) bond motifs is 1. The lowest BCUT2D eigenvalue weighted by Gasteiger charge is -2.44. The summed E-state index contributed by atoms with van der Waals surface area (Å²) in [6.45, 7) is 0.265. The smallest absolute Gasteiger partial charge is 0.410 e. The lowest BCUT2D eigenvalue weighted by Crippen LogP contribution is -2.48. The molecule has 0 aromatic heterocycles. The van der Waals surface area contributed by atoms with Crippen LogP contribution in [-0.4, -0.2) is 24.1 Å². The van der Waals surface area contributed by atoms with Gasteiger partial charge in [0.2, 0.25) is 5.41 Å². The van der Waals surface area contributed by atoms with Gasteiger partial charge in [-0.2, -0.15) is 15.8 Å². The third kappa shape index (κ3) is 3.74. The molecule has 1 aliphatic heterocycles.